The van der Waals surface area contributed by atoms with Crippen LogP contribution in [-0.4, -0.2) is 19.9 Å². The number of nitrogen functional groups attached to an aromatic ring is 1. The molecule has 0 atom stereocenters. The van der Waals surface area contributed by atoms with Crippen LogP contribution < -0.4 is 5.73 Å². The van der Waals surface area contributed by atoms with E-state index in [4.69, 9.17) is 5.73 Å². The molecule has 98 valence electrons. The summed E-state index contributed by atoms with van der Waals surface area (Å²) in [6, 6.07) is 7.45. The summed E-state index contributed by atoms with van der Waals surface area (Å²) in [4.78, 5) is 22.3. The Morgan fingerprint density at radius 1 is 1.15 bits per heavy atom. The molecule has 2 heterocycles. The molecule has 0 aliphatic rings. The quantitative estimate of drug-likeness (QED) is 0.563. The number of anilines is 1. The van der Waals surface area contributed by atoms with Crippen LogP contribution in [0.2, 0.25) is 0 Å². The van der Waals surface area contributed by atoms with E-state index in [9.17, 15) is 10.1 Å². The summed E-state index contributed by atoms with van der Waals surface area (Å²) < 4.78 is 0. The van der Waals surface area contributed by atoms with Crippen LogP contribution in [0.3, 0.4) is 0 Å². The van der Waals surface area contributed by atoms with Crippen LogP contribution >= 0.6 is 0 Å². The normalized spacial score (nSPS) is 10.6. The molecule has 3 rings (SSSR count). The highest BCUT2D eigenvalue weighted by Crippen LogP contribution is 2.32. The molecule has 1 aromatic carbocycles. The Bertz CT molecular complexity index is 813. The van der Waals surface area contributed by atoms with Crippen molar-refractivity contribution < 1.29 is 4.92 Å². The van der Waals surface area contributed by atoms with E-state index >= 15 is 0 Å². The molecule has 3 aromatic rings. The van der Waals surface area contributed by atoms with Crippen LogP contribution in [0.5, 0.6) is 0 Å². The van der Waals surface area contributed by atoms with Gasteiger partial charge in [-0.05, 0) is 5.39 Å². The zero-order chi connectivity index (χ0) is 14.1. The number of hydrogen-bond acceptors (Lipinski definition) is 6. The summed E-state index contributed by atoms with van der Waals surface area (Å²) in [6.07, 6.45) is 4.34. The molecule has 0 bridgehead atoms. The van der Waals surface area contributed by atoms with Gasteiger partial charge in [0, 0.05) is 23.3 Å². The van der Waals surface area contributed by atoms with Crippen molar-refractivity contribution in [1.29, 1.82) is 0 Å². The molecule has 0 radical (unpaired) electrons. The number of nitrogens with zero attached hydrogens (tertiary/aromatic N) is 4. The van der Waals surface area contributed by atoms with Gasteiger partial charge in [-0.1, -0.05) is 24.3 Å². The summed E-state index contributed by atoms with van der Waals surface area (Å²) in [7, 11) is 0. The van der Waals surface area contributed by atoms with Crippen molar-refractivity contribution in [2.75, 3.05) is 5.73 Å². The van der Waals surface area contributed by atoms with Crippen LogP contribution in [0.4, 0.5) is 11.6 Å². The molecule has 2 aromatic heterocycles. The van der Waals surface area contributed by atoms with Crippen molar-refractivity contribution in [2.24, 2.45) is 0 Å². The fourth-order valence-electron chi connectivity index (χ4n) is 2.03. The van der Waals surface area contributed by atoms with Gasteiger partial charge in [-0.3, -0.25) is 15.1 Å². The number of nitro groups is 1. The molecule has 0 aliphatic carbocycles. The zero-order valence-electron chi connectivity index (χ0n) is 10.2. The minimum Gasteiger partial charge on any atom is -0.368 e. The Labute approximate surface area is 113 Å². The first-order chi connectivity index (χ1) is 9.66. The average Bonchev–Trinajstić information content (AvgIpc) is 2.46. The molecule has 0 aliphatic heterocycles. The summed E-state index contributed by atoms with van der Waals surface area (Å²) in [5.74, 6) is -0.0152. The first-order valence-electron chi connectivity index (χ1n) is 5.77. The lowest BCUT2D eigenvalue weighted by Crippen LogP contribution is -2.01. The van der Waals surface area contributed by atoms with Gasteiger partial charge in [-0.2, -0.15) is 0 Å². The third kappa shape index (κ3) is 1.91. The number of fused-ring (bicyclic) bond motifs is 1. The first-order valence-corrected chi connectivity index (χ1v) is 5.77. The number of rotatable bonds is 2. The lowest BCUT2D eigenvalue weighted by Gasteiger charge is -2.06. The lowest BCUT2D eigenvalue weighted by molar-refractivity contribution is -0.384. The maximum Gasteiger partial charge on any atom is 0.313 e. The SMILES string of the molecule is Nc1ncc([N+](=O)[O-])c(-c2cncc3ccccc23)n1. The number of hydrogen-bond donors (Lipinski definition) is 1. The van der Waals surface area contributed by atoms with Crippen molar-refractivity contribution >= 4 is 22.4 Å². The van der Waals surface area contributed by atoms with Crippen LogP contribution in [0, 0.1) is 10.1 Å². The third-order valence-electron chi connectivity index (χ3n) is 2.91. The molecule has 0 saturated heterocycles. The Morgan fingerprint density at radius 2 is 1.95 bits per heavy atom. The van der Waals surface area contributed by atoms with Crippen molar-refractivity contribution in [2.45, 2.75) is 0 Å². The number of pyridine rings is 1. The average molecular weight is 267 g/mol. The summed E-state index contributed by atoms with van der Waals surface area (Å²) in [6.45, 7) is 0. The van der Waals surface area contributed by atoms with E-state index in [1.807, 2.05) is 24.3 Å². The molecule has 0 saturated carbocycles. The summed E-state index contributed by atoms with van der Waals surface area (Å²) in [5, 5.41) is 12.8. The molecule has 0 spiro atoms. The van der Waals surface area contributed by atoms with Gasteiger partial charge in [0.05, 0.1) is 4.92 Å². The van der Waals surface area contributed by atoms with Gasteiger partial charge in [0.2, 0.25) is 5.95 Å². The highest BCUT2D eigenvalue weighted by atomic mass is 16.6. The molecule has 0 fully saturated rings. The van der Waals surface area contributed by atoms with Crippen LogP contribution in [0.25, 0.3) is 22.0 Å². The molecule has 20 heavy (non-hydrogen) atoms. The standard InChI is InChI=1S/C13H9N5O2/c14-13-16-7-11(18(19)20)12(17-13)10-6-15-5-8-3-1-2-4-9(8)10/h1-7H,(H2,14,16,17). The van der Waals surface area contributed by atoms with Crippen LogP contribution in [-0.2, 0) is 0 Å². The topological polar surface area (TPSA) is 108 Å². The van der Waals surface area contributed by atoms with E-state index in [0.29, 0.717) is 5.56 Å². The van der Waals surface area contributed by atoms with E-state index in [2.05, 4.69) is 15.0 Å². The van der Waals surface area contributed by atoms with Crippen molar-refractivity contribution in [3.8, 4) is 11.3 Å². The summed E-state index contributed by atoms with van der Waals surface area (Å²) >= 11 is 0. The van der Waals surface area contributed by atoms with Gasteiger partial charge in [-0.25, -0.2) is 9.97 Å². The molecule has 2 N–H and O–H groups in total. The van der Waals surface area contributed by atoms with E-state index < -0.39 is 4.92 Å². The van der Waals surface area contributed by atoms with Crippen molar-refractivity contribution in [3.63, 3.8) is 0 Å². The van der Waals surface area contributed by atoms with E-state index in [1.165, 1.54) is 6.20 Å². The molecular weight excluding hydrogens is 258 g/mol. The van der Waals surface area contributed by atoms with Gasteiger partial charge in [0.25, 0.3) is 0 Å². The summed E-state index contributed by atoms with van der Waals surface area (Å²) in [5.41, 5.74) is 6.08. The van der Waals surface area contributed by atoms with Crippen molar-refractivity contribution in [3.05, 3.63) is 53.0 Å². The monoisotopic (exact) mass is 267 g/mol. The van der Waals surface area contributed by atoms with Gasteiger partial charge < -0.3 is 5.73 Å². The second-order valence-electron chi connectivity index (χ2n) is 4.13. The second-order valence-corrected chi connectivity index (χ2v) is 4.13. The first kappa shape index (κ1) is 12.0. The zero-order valence-corrected chi connectivity index (χ0v) is 10.2. The smallest absolute Gasteiger partial charge is 0.313 e. The van der Waals surface area contributed by atoms with Gasteiger partial charge in [0.15, 0.2) is 5.69 Å². The predicted octanol–water partition coefficient (Wildman–Crippen LogP) is 2.18. The Morgan fingerprint density at radius 3 is 2.75 bits per heavy atom. The molecule has 0 unspecified atom stereocenters. The van der Waals surface area contributed by atoms with E-state index in [1.54, 1.807) is 6.20 Å². The fraction of sp³-hybridized carbons (Fsp3) is 0. The van der Waals surface area contributed by atoms with Crippen LogP contribution in [0.15, 0.2) is 42.9 Å². The Balaban J connectivity index is 2.36. The van der Waals surface area contributed by atoms with Gasteiger partial charge >= 0.3 is 5.69 Å². The van der Waals surface area contributed by atoms with E-state index in [0.717, 1.165) is 17.0 Å². The molecule has 7 heteroatoms. The van der Waals surface area contributed by atoms with E-state index in [-0.39, 0.29) is 17.3 Å². The fourth-order valence-corrected chi connectivity index (χ4v) is 2.03. The number of nitrogens with two attached hydrogens (primary N) is 1. The van der Waals surface area contributed by atoms with Crippen molar-refractivity contribution in [1.82, 2.24) is 15.0 Å². The largest absolute Gasteiger partial charge is 0.368 e. The van der Waals surface area contributed by atoms with Crippen LogP contribution in [0.1, 0.15) is 0 Å². The maximum absolute atomic E-state index is 11.1. The Hall–Kier alpha value is -3.09. The predicted molar refractivity (Wildman–Crippen MR) is 73.8 cm³/mol. The highest BCUT2D eigenvalue weighted by Gasteiger charge is 2.20. The highest BCUT2D eigenvalue weighted by molar-refractivity contribution is 5.96. The maximum atomic E-state index is 11.1. The second kappa shape index (κ2) is 4.54. The lowest BCUT2D eigenvalue weighted by atomic mass is 10.0. The third-order valence-corrected chi connectivity index (χ3v) is 2.91. The minimum atomic E-state index is -0.531. The minimum absolute atomic E-state index is 0.0152. The molecule has 7 nitrogen and oxygen atoms in total. The molecular formula is C13H9N5O2. The van der Waals surface area contributed by atoms with Gasteiger partial charge in [0.1, 0.15) is 6.20 Å². The number of benzene rings is 1. The molecule has 0 amide bonds. The Kier molecular flexibility index (Phi) is 2.72. The number of aromatic nitrogens is 3. The van der Waals surface area contributed by atoms with Gasteiger partial charge in [-0.15, -0.1) is 0 Å².